The predicted molar refractivity (Wildman–Crippen MR) is 98.4 cm³/mol. The van der Waals surface area contributed by atoms with Crippen LogP contribution in [-0.4, -0.2) is 26.0 Å². The van der Waals surface area contributed by atoms with Crippen molar-refractivity contribution in [2.24, 2.45) is 0 Å². The van der Waals surface area contributed by atoms with Crippen molar-refractivity contribution < 1.29 is 9.53 Å². The lowest BCUT2D eigenvalue weighted by molar-refractivity contribution is 0.0997. The number of Topliss-reactive ketones (excluding diaryl/α,β-unsaturated/α-hetero) is 1. The number of rotatable bonds is 5. The average molecular weight is 323 g/mol. The summed E-state index contributed by atoms with van der Waals surface area (Å²) in [7, 11) is 1.66. The van der Waals surface area contributed by atoms with Crippen LogP contribution in [0.2, 0.25) is 0 Å². The van der Waals surface area contributed by atoms with Crippen molar-refractivity contribution in [1.82, 2.24) is 0 Å². The van der Waals surface area contributed by atoms with E-state index in [4.69, 9.17) is 4.74 Å². The van der Waals surface area contributed by atoms with E-state index in [2.05, 4.69) is 43.0 Å². The number of para-hydroxylation sites is 1. The molecule has 3 heteroatoms. The number of hydrogen-bond acceptors (Lipinski definition) is 3. The highest BCUT2D eigenvalue weighted by molar-refractivity contribution is 6.01. The first-order valence-corrected chi connectivity index (χ1v) is 8.64. The van der Waals surface area contributed by atoms with Gasteiger partial charge < -0.3 is 9.64 Å². The second-order valence-corrected chi connectivity index (χ2v) is 6.68. The van der Waals surface area contributed by atoms with Crippen molar-refractivity contribution in [2.45, 2.75) is 32.6 Å². The van der Waals surface area contributed by atoms with Crippen LogP contribution < -0.4 is 9.64 Å². The number of ketones is 1. The molecule has 0 bridgehead atoms. The Labute approximate surface area is 144 Å². The highest BCUT2D eigenvalue weighted by Gasteiger charge is 2.21. The molecule has 0 spiro atoms. The third kappa shape index (κ3) is 3.30. The van der Waals surface area contributed by atoms with Crippen LogP contribution >= 0.6 is 0 Å². The number of methoxy groups -OCH3 is 1. The Balaban J connectivity index is 1.86. The van der Waals surface area contributed by atoms with Crippen molar-refractivity contribution in [1.29, 1.82) is 0 Å². The molecular formula is C21H25NO2. The summed E-state index contributed by atoms with van der Waals surface area (Å²) in [6, 6.07) is 14.2. The molecule has 0 atom stereocenters. The molecule has 3 nitrogen and oxygen atoms in total. The fourth-order valence-electron chi connectivity index (χ4n) is 3.43. The zero-order valence-corrected chi connectivity index (χ0v) is 14.7. The molecule has 0 radical (unpaired) electrons. The second-order valence-electron chi connectivity index (χ2n) is 6.68. The molecule has 0 fully saturated rings. The van der Waals surface area contributed by atoms with Crippen LogP contribution in [-0.2, 0) is 6.42 Å². The summed E-state index contributed by atoms with van der Waals surface area (Å²) in [4.78, 5) is 15.2. The minimum absolute atomic E-state index is 0.179. The Morgan fingerprint density at radius 1 is 1.21 bits per heavy atom. The Morgan fingerprint density at radius 2 is 2.00 bits per heavy atom. The number of hydrogen-bond donors (Lipinski definition) is 0. The van der Waals surface area contributed by atoms with E-state index in [-0.39, 0.29) is 11.7 Å². The zero-order chi connectivity index (χ0) is 17.1. The fourth-order valence-corrected chi connectivity index (χ4v) is 3.43. The minimum atomic E-state index is 0.179. The number of fused-ring (bicyclic) bond motifs is 1. The largest absolute Gasteiger partial charge is 0.497 e. The summed E-state index contributed by atoms with van der Waals surface area (Å²) in [5.41, 5.74) is 4.42. The maximum Gasteiger partial charge on any atom is 0.182 e. The second kappa shape index (κ2) is 7.08. The lowest BCUT2D eigenvalue weighted by Crippen LogP contribution is -2.34. The number of ether oxygens (including phenoxy) is 1. The fraction of sp³-hybridized carbons (Fsp3) is 0.381. The van der Waals surface area contributed by atoms with Gasteiger partial charge in [-0.05, 0) is 54.2 Å². The van der Waals surface area contributed by atoms with E-state index in [1.54, 1.807) is 7.11 Å². The molecule has 0 unspecified atom stereocenters. The van der Waals surface area contributed by atoms with Gasteiger partial charge in [-0.15, -0.1) is 0 Å². The smallest absolute Gasteiger partial charge is 0.182 e. The molecular weight excluding hydrogens is 298 g/mol. The van der Waals surface area contributed by atoms with Crippen LogP contribution in [0.15, 0.2) is 42.5 Å². The van der Waals surface area contributed by atoms with Gasteiger partial charge >= 0.3 is 0 Å². The van der Waals surface area contributed by atoms with Crippen LogP contribution in [0.3, 0.4) is 0 Å². The lowest BCUT2D eigenvalue weighted by atomic mass is 9.93. The number of benzene rings is 2. The molecule has 2 aromatic carbocycles. The van der Waals surface area contributed by atoms with Crippen molar-refractivity contribution in [3.63, 3.8) is 0 Å². The quantitative estimate of drug-likeness (QED) is 0.761. The van der Waals surface area contributed by atoms with Gasteiger partial charge in [-0.2, -0.15) is 0 Å². The Bertz CT molecular complexity index is 736. The van der Waals surface area contributed by atoms with Gasteiger partial charge in [0.25, 0.3) is 0 Å². The number of carbonyl (C=O) groups is 1. The Kier molecular flexibility index (Phi) is 4.89. The van der Waals surface area contributed by atoms with Gasteiger partial charge in [0.2, 0.25) is 0 Å². The molecule has 0 saturated carbocycles. The van der Waals surface area contributed by atoms with E-state index in [9.17, 15) is 4.79 Å². The normalized spacial score (nSPS) is 13.8. The van der Waals surface area contributed by atoms with Crippen LogP contribution in [0.5, 0.6) is 5.75 Å². The molecule has 0 aromatic heterocycles. The van der Waals surface area contributed by atoms with Gasteiger partial charge in [0.15, 0.2) is 5.78 Å². The summed E-state index contributed by atoms with van der Waals surface area (Å²) in [5, 5.41) is 0. The van der Waals surface area contributed by atoms with Crippen LogP contribution in [0, 0.1) is 0 Å². The first kappa shape index (κ1) is 16.6. The molecule has 3 rings (SSSR count). The molecule has 1 aliphatic rings. The van der Waals surface area contributed by atoms with Gasteiger partial charge in [0.05, 0.1) is 13.7 Å². The third-order valence-corrected chi connectivity index (χ3v) is 4.72. The molecule has 0 aliphatic carbocycles. The molecule has 1 aliphatic heterocycles. The van der Waals surface area contributed by atoms with Crippen molar-refractivity contribution in [2.75, 3.05) is 25.1 Å². The summed E-state index contributed by atoms with van der Waals surface area (Å²) < 4.78 is 5.31. The molecule has 0 N–H and O–H groups in total. The Hall–Kier alpha value is -2.29. The van der Waals surface area contributed by atoms with Gasteiger partial charge in [0, 0.05) is 17.8 Å². The molecule has 1 heterocycles. The number of anilines is 1. The maximum absolute atomic E-state index is 13.0. The van der Waals surface area contributed by atoms with Gasteiger partial charge in [-0.3, -0.25) is 4.79 Å². The monoisotopic (exact) mass is 323 g/mol. The van der Waals surface area contributed by atoms with Gasteiger partial charge in [-0.1, -0.05) is 32.0 Å². The highest BCUT2D eigenvalue weighted by atomic mass is 16.5. The summed E-state index contributed by atoms with van der Waals surface area (Å²) in [5.74, 6) is 1.27. The van der Waals surface area contributed by atoms with E-state index in [0.29, 0.717) is 6.54 Å². The summed E-state index contributed by atoms with van der Waals surface area (Å²) in [6.07, 6.45) is 2.20. The van der Waals surface area contributed by atoms with E-state index >= 15 is 0 Å². The summed E-state index contributed by atoms with van der Waals surface area (Å²) >= 11 is 0. The molecule has 2 aromatic rings. The first-order valence-electron chi connectivity index (χ1n) is 8.64. The van der Waals surface area contributed by atoms with Crippen molar-refractivity contribution in [3.8, 4) is 5.75 Å². The van der Waals surface area contributed by atoms with E-state index in [0.717, 1.165) is 36.3 Å². The molecule has 126 valence electrons. The van der Waals surface area contributed by atoms with Gasteiger partial charge in [0.1, 0.15) is 5.75 Å². The molecule has 0 amide bonds. The topological polar surface area (TPSA) is 29.5 Å². The van der Waals surface area contributed by atoms with E-state index in [1.165, 1.54) is 11.3 Å². The zero-order valence-electron chi connectivity index (χ0n) is 14.7. The van der Waals surface area contributed by atoms with E-state index < -0.39 is 0 Å². The highest BCUT2D eigenvalue weighted by Crippen LogP contribution is 2.29. The van der Waals surface area contributed by atoms with Gasteiger partial charge in [-0.25, -0.2) is 0 Å². The molecule has 0 saturated heterocycles. The van der Waals surface area contributed by atoms with Crippen LogP contribution in [0.25, 0.3) is 0 Å². The first-order chi connectivity index (χ1) is 11.6. The van der Waals surface area contributed by atoms with Crippen molar-refractivity contribution >= 4 is 11.5 Å². The standard InChI is InChI=1S/C21H25NO2/c1-15(2)19-13-17(24-3)10-11-18(19)21(23)14-22-12-6-8-16-7-4-5-9-20(16)22/h4-5,7,9-11,13,15H,6,8,12,14H2,1-3H3. The lowest BCUT2D eigenvalue weighted by Gasteiger charge is -2.31. The summed E-state index contributed by atoms with van der Waals surface area (Å²) in [6.45, 7) is 5.60. The van der Waals surface area contributed by atoms with E-state index in [1.807, 2.05) is 18.2 Å². The molecule has 24 heavy (non-hydrogen) atoms. The van der Waals surface area contributed by atoms with Crippen LogP contribution in [0.1, 0.15) is 47.7 Å². The Morgan fingerprint density at radius 3 is 2.75 bits per heavy atom. The average Bonchev–Trinajstić information content (AvgIpc) is 2.61. The minimum Gasteiger partial charge on any atom is -0.497 e. The van der Waals surface area contributed by atoms with Crippen molar-refractivity contribution in [3.05, 3.63) is 59.2 Å². The maximum atomic E-state index is 13.0. The van der Waals surface area contributed by atoms with Crippen LogP contribution in [0.4, 0.5) is 5.69 Å². The number of carbonyl (C=O) groups excluding carboxylic acids is 1. The number of aryl methyl sites for hydroxylation is 1. The third-order valence-electron chi connectivity index (χ3n) is 4.72. The SMILES string of the molecule is COc1ccc(C(=O)CN2CCCc3ccccc32)c(C(C)C)c1. The number of nitrogens with zero attached hydrogens (tertiary/aromatic N) is 1. The predicted octanol–water partition coefficient (Wildman–Crippen LogP) is 4.45.